The minimum absolute atomic E-state index is 0.00968. The highest BCUT2D eigenvalue weighted by molar-refractivity contribution is 5.86. The van der Waals surface area contributed by atoms with E-state index in [0.717, 1.165) is 55.6 Å². The lowest BCUT2D eigenvalue weighted by Crippen LogP contribution is -2.27. The van der Waals surface area contributed by atoms with Crippen LogP contribution in [-0.2, 0) is 0 Å². The predicted molar refractivity (Wildman–Crippen MR) is 271 cm³/mol. The summed E-state index contributed by atoms with van der Waals surface area (Å²) in [7, 11) is 0. The molecule has 2 atom stereocenters. The molecule has 2 unspecified atom stereocenters. The van der Waals surface area contributed by atoms with Crippen molar-refractivity contribution >= 4 is 0 Å². The number of benzene rings is 9. The summed E-state index contributed by atoms with van der Waals surface area (Å²) >= 11 is 0. The topological polar surface area (TPSA) is 77.3 Å². The van der Waals surface area contributed by atoms with E-state index in [1.54, 1.807) is 0 Å². The highest BCUT2D eigenvalue weighted by Crippen LogP contribution is 2.56. The van der Waals surface area contributed by atoms with Crippen LogP contribution in [0.25, 0.3) is 90.6 Å². The minimum atomic E-state index is 0.00968. The third-order valence-corrected chi connectivity index (χ3v) is 13.4. The van der Waals surface area contributed by atoms with Crippen LogP contribution in [0.15, 0.2) is 231 Å². The Labute approximate surface area is 394 Å². The van der Waals surface area contributed by atoms with Gasteiger partial charge in [-0.2, -0.15) is 0 Å². The van der Waals surface area contributed by atoms with Crippen LogP contribution in [0.2, 0.25) is 0 Å². The Morgan fingerprint density at radius 1 is 0.191 bits per heavy atom. The van der Waals surface area contributed by atoms with E-state index in [1.165, 1.54) is 33.4 Å². The van der Waals surface area contributed by atoms with Gasteiger partial charge in [0.2, 0.25) is 0 Å². The van der Waals surface area contributed by atoms with E-state index in [9.17, 15) is 0 Å². The first-order valence-electron chi connectivity index (χ1n) is 23.0. The fourth-order valence-electron chi connectivity index (χ4n) is 10.2. The van der Waals surface area contributed by atoms with Crippen molar-refractivity contribution in [1.82, 2.24) is 29.9 Å². The Kier molecular flexibility index (Phi) is 9.53. The van der Waals surface area contributed by atoms with Crippen LogP contribution in [0.4, 0.5) is 0 Å². The summed E-state index contributed by atoms with van der Waals surface area (Å²) in [6.45, 7) is 0. The molecule has 0 radical (unpaired) electrons. The lowest BCUT2D eigenvalue weighted by Gasteiger charge is -2.42. The fraction of sp³-hybridized carbons (Fsp3) is 0.0323. The van der Waals surface area contributed by atoms with Gasteiger partial charge in [-0.05, 0) is 73.8 Å². The van der Waals surface area contributed by atoms with Gasteiger partial charge in [0.15, 0.2) is 34.9 Å². The van der Waals surface area contributed by atoms with Crippen molar-refractivity contribution < 1.29 is 0 Å². The van der Waals surface area contributed by atoms with Gasteiger partial charge in [0, 0.05) is 45.2 Å². The van der Waals surface area contributed by atoms with E-state index in [0.29, 0.717) is 34.9 Å². The van der Waals surface area contributed by atoms with Gasteiger partial charge in [-0.1, -0.05) is 212 Å². The van der Waals surface area contributed by atoms with Crippen molar-refractivity contribution in [3.8, 4) is 90.6 Å². The number of rotatable bonds is 8. The summed E-state index contributed by atoms with van der Waals surface area (Å²) in [4.78, 5) is 31.0. The summed E-state index contributed by atoms with van der Waals surface area (Å²) in [5.74, 6) is 3.85. The maximum Gasteiger partial charge on any atom is 0.164 e. The molecule has 0 saturated heterocycles. The molecule has 3 aliphatic carbocycles. The van der Waals surface area contributed by atoms with Gasteiger partial charge in [-0.3, -0.25) is 0 Å². The molecule has 0 fully saturated rings. The molecule has 2 bridgehead atoms. The van der Waals surface area contributed by atoms with Gasteiger partial charge in [0.25, 0.3) is 0 Å². The second kappa shape index (κ2) is 16.5. The van der Waals surface area contributed by atoms with Crippen LogP contribution in [0.1, 0.15) is 45.2 Å². The molecule has 0 saturated carbocycles. The third kappa shape index (κ3) is 6.90. The second-order valence-electron chi connectivity index (χ2n) is 17.4. The first kappa shape index (κ1) is 39.4. The standard InChI is InChI=1S/C62H40N6/c1-6-18-39(19-7-1)44-30-33-47(40-20-8-2-9-21-40)54(36-44)62-67-59(43-26-14-5-15-27-43)66-61(68-62)46-32-35-51-53(38-46)56-49-29-17-16-28-48(49)55(51)52-37-45(31-34-50(52)56)60-64-57(41-22-10-3-11-23-41)63-58(65-60)42-24-12-4-13-25-42/h1-38,55-56H. The van der Waals surface area contributed by atoms with Crippen LogP contribution in [0, 0.1) is 0 Å². The highest BCUT2D eigenvalue weighted by atomic mass is 15.0. The molecule has 6 heteroatoms. The van der Waals surface area contributed by atoms with E-state index in [1.807, 2.05) is 91.0 Å². The summed E-state index contributed by atoms with van der Waals surface area (Å²) in [5, 5.41) is 0. The van der Waals surface area contributed by atoms with Crippen molar-refractivity contribution in [3.63, 3.8) is 0 Å². The Hall–Kier alpha value is -9.00. The average molecular weight is 869 g/mol. The molecule has 0 aliphatic heterocycles. The zero-order valence-corrected chi connectivity index (χ0v) is 36.8. The lowest BCUT2D eigenvalue weighted by atomic mass is 9.61. The van der Waals surface area contributed by atoms with Crippen LogP contribution in [0.3, 0.4) is 0 Å². The van der Waals surface area contributed by atoms with Crippen molar-refractivity contribution in [1.29, 1.82) is 0 Å². The quantitative estimate of drug-likeness (QED) is 0.151. The van der Waals surface area contributed by atoms with Gasteiger partial charge in [0.05, 0.1) is 0 Å². The fourth-order valence-corrected chi connectivity index (χ4v) is 10.2. The van der Waals surface area contributed by atoms with Crippen molar-refractivity contribution in [2.75, 3.05) is 0 Å². The molecule has 68 heavy (non-hydrogen) atoms. The van der Waals surface area contributed by atoms with Crippen LogP contribution in [-0.4, -0.2) is 29.9 Å². The zero-order chi connectivity index (χ0) is 45.0. The van der Waals surface area contributed by atoms with Gasteiger partial charge in [-0.25, -0.2) is 29.9 Å². The van der Waals surface area contributed by atoms with Crippen LogP contribution >= 0.6 is 0 Å². The maximum absolute atomic E-state index is 5.38. The zero-order valence-electron chi connectivity index (χ0n) is 36.8. The van der Waals surface area contributed by atoms with Crippen molar-refractivity contribution in [2.24, 2.45) is 0 Å². The van der Waals surface area contributed by atoms with Crippen LogP contribution in [0.5, 0.6) is 0 Å². The van der Waals surface area contributed by atoms with Crippen LogP contribution < -0.4 is 0 Å². The summed E-state index contributed by atoms with van der Waals surface area (Å²) in [6, 6.07) is 80.6. The molecule has 0 spiro atoms. The van der Waals surface area contributed by atoms with E-state index in [4.69, 9.17) is 29.9 Å². The summed E-state index contributed by atoms with van der Waals surface area (Å²) in [5.41, 5.74) is 17.8. The van der Waals surface area contributed by atoms with Gasteiger partial charge >= 0.3 is 0 Å². The monoisotopic (exact) mass is 868 g/mol. The molecule has 0 amide bonds. The SMILES string of the molecule is c1ccc(-c2ccc(-c3ccccc3)c(-c3nc(-c4ccccc4)nc(-c4ccc5c(c4)C4c6ccccc6C5c5cc(-c6nc(-c7ccccc7)nc(-c7ccccc7)n6)ccc54)n3)c2)cc1. The molecular weight excluding hydrogens is 829 g/mol. The maximum atomic E-state index is 5.38. The third-order valence-electron chi connectivity index (χ3n) is 13.4. The van der Waals surface area contributed by atoms with E-state index < -0.39 is 0 Å². The molecule has 2 heterocycles. The van der Waals surface area contributed by atoms with Crippen molar-refractivity contribution in [3.05, 3.63) is 264 Å². The van der Waals surface area contributed by atoms with E-state index in [-0.39, 0.29) is 11.8 Å². The molecule has 14 rings (SSSR count). The number of hydrogen-bond acceptors (Lipinski definition) is 6. The lowest BCUT2D eigenvalue weighted by molar-refractivity contribution is 0.754. The van der Waals surface area contributed by atoms with E-state index in [2.05, 4.69) is 140 Å². The average Bonchev–Trinajstić information content (AvgIpc) is 3.43. The molecule has 2 aromatic heterocycles. The van der Waals surface area contributed by atoms with Gasteiger partial charge in [0.1, 0.15) is 0 Å². The molecular formula is C62H40N6. The number of hydrogen-bond donors (Lipinski definition) is 0. The Morgan fingerprint density at radius 3 is 0.941 bits per heavy atom. The van der Waals surface area contributed by atoms with Gasteiger partial charge < -0.3 is 0 Å². The normalized spacial score (nSPS) is 14.2. The predicted octanol–water partition coefficient (Wildman–Crippen LogP) is 14.4. The van der Waals surface area contributed by atoms with Gasteiger partial charge in [-0.15, -0.1) is 0 Å². The number of aromatic nitrogens is 6. The molecule has 9 aromatic carbocycles. The first-order chi connectivity index (χ1) is 33.7. The Bertz CT molecular complexity index is 3620. The largest absolute Gasteiger partial charge is 0.208 e. The summed E-state index contributed by atoms with van der Waals surface area (Å²) in [6.07, 6.45) is 0. The highest BCUT2D eigenvalue weighted by Gasteiger charge is 2.41. The molecule has 0 N–H and O–H groups in total. The molecule has 11 aromatic rings. The Balaban J connectivity index is 0.954. The minimum Gasteiger partial charge on any atom is -0.208 e. The van der Waals surface area contributed by atoms with Crippen molar-refractivity contribution in [2.45, 2.75) is 11.8 Å². The van der Waals surface area contributed by atoms with E-state index >= 15 is 0 Å². The smallest absolute Gasteiger partial charge is 0.164 e. The number of nitrogens with zero attached hydrogens (tertiary/aromatic N) is 6. The molecule has 6 nitrogen and oxygen atoms in total. The second-order valence-corrected chi connectivity index (χ2v) is 17.4. The Morgan fingerprint density at radius 2 is 0.515 bits per heavy atom. The first-order valence-corrected chi connectivity index (χ1v) is 23.0. The molecule has 318 valence electrons. The molecule has 3 aliphatic rings. The summed E-state index contributed by atoms with van der Waals surface area (Å²) < 4.78 is 0.